The summed E-state index contributed by atoms with van der Waals surface area (Å²) in [5, 5.41) is 4.71. The number of nitrogens with one attached hydrogen (secondary N) is 1. The van der Waals surface area contributed by atoms with Gasteiger partial charge in [0.05, 0.1) is 26.9 Å². The van der Waals surface area contributed by atoms with Gasteiger partial charge in [-0.05, 0) is 65.2 Å². The number of ether oxygens (including phenoxy) is 3. The smallest absolute Gasteiger partial charge is 0.244 e. The number of hydrogen-bond donors (Lipinski definition) is 1. The van der Waals surface area contributed by atoms with Crippen molar-refractivity contribution in [2.45, 2.75) is 13.0 Å². The number of nitrogens with zero attached hydrogens (tertiary/aromatic N) is 1. The average molecular weight is 439 g/mol. The molecule has 0 atom stereocenters. The quantitative estimate of drug-likeness (QED) is 0.390. The summed E-state index contributed by atoms with van der Waals surface area (Å²) in [6.45, 7) is 0.455. The Morgan fingerprint density at radius 2 is 1.61 bits per heavy atom. The SMILES string of the molecule is COc1ccc(CC(=O)N/N=C\c2ccc(OCc3ccc(Cl)cc3)cc2)cc1OC. The van der Waals surface area contributed by atoms with Gasteiger partial charge < -0.3 is 14.2 Å². The minimum absolute atomic E-state index is 0.176. The van der Waals surface area contributed by atoms with E-state index in [1.165, 1.54) is 0 Å². The number of hydrogen-bond acceptors (Lipinski definition) is 5. The molecule has 160 valence electrons. The molecule has 0 aromatic heterocycles. The third-order valence-electron chi connectivity index (χ3n) is 4.41. The van der Waals surface area contributed by atoms with E-state index in [0.717, 1.165) is 22.4 Å². The maximum absolute atomic E-state index is 12.1. The fourth-order valence-corrected chi connectivity index (χ4v) is 2.92. The Balaban J connectivity index is 1.48. The van der Waals surface area contributed by atoms with Crippen LogP contribution in [-0.2, 0) is 17.8 Å². The summed E-state index contributed by atoms with van der Waals surface area (Å²) in [5.41, 5.74) is 5.20. The third kappa shape index (κ3) is 6.76. The van der Waals surface area contributed by atoms with Crippen molar-refractivity contribution < 1.29 is 19.0 Å². The molecule has 3 aromatic carbocycles. The molecule has 6 nitrogen and oxygen atoms in total. The van der Waals surface area contributed by atoms with Crippen LogP contribution in [0.4, 0.5) is 0 Å². The monoisotopic (exact) mass is 438 g/mol. The number of benzene rings is 3. The summed E-state index contributed by atoms with van der Waals surface area (Å²) in [4.78, 5) is 12.1. The highest BCUT2D eigenvalue weighted by atomic mass is 35.5. The molecule has 0 saturated carbocycles. The van der Waals surface area contributed by atoms with Crippen LogP contribution < -0.4 is 19.6 Å². The van der Waals surface area contributed by atoms with Gasteiger partial charge in [0.2, 0.25) is 5.91 Å². The third-order valence-corrected chi connectivity index (χ3v) is 4.67. The number of hydrazone groups is 1. The van der Waals surface area contributed by atoms with Gasteiger partial charge in [0, 0.05) is 5.02 Å². The Kier molecular flexibility index (Phi) is 7.90. The molecule has 7 heteroatoms. The fraction of sp³-hybridized carbons (Fsp3) is 0.167. The Morgan fingerprint density at radius 1 is 0.935 bits per heavy atom. The maximum Gasteiger partial charge on any atom is 0.244 e. The van der Waals surface area contributed by atoms with Gasteiger partial charge in [-0.1, -0.05) is 29.8 Å². The normalized spacial score (nSPS) is 10.7. The molecule has 3 rings (SSSR count). The second kappa shape index (κ2) is 11.0. The van der Waals surface area contributed by atoms with Crippen molar-refractivity contribution >= 4 is 23.7 Å². The molecule has 0 heterocycles. The number of methoxy groups -OCH3 is 2. The molecule has 0 saturated heterocycles. The summed E-state index contributed by atoms with van der Waals surface area (Å²) in [5.74, 6) is 1.70. The zero-order valence-electron chi connectivity index (χ0n) is 17.3. The average Bonchev–Trinajstić information content (AvgIpc) is 2.79. The topological polar surface area (TPSA) is 69.2 Å². The molecule has 0 aliphatic rings. The molecule has 3 aromatic rings. The molecule has 1 N–H and O–H groups in total. The number of carbonyl (C=O) groups is 1. The first-order chi connectivity index (χ1) is 15.1. The highest BCUT2D eigenvalue weighted by Gasteiger charge is 2.08. The van der Waals surface area contributed by atoms with Gasteiger partial charge >= 0.3 is 0 Å². The largest absolute Gasteiger partial charge is 0.493 e. The van der Waals surface area contributed by atoms with Gasteiger partial charge in [-0.25, -0.2) is 5.43 Å². The van der Waals surface area contributed by atoms with Crippen molar-refractivity contribution in [2.75, 3.05) is 14.2 Å². The number of halogens is 1. The lowest BCUT2D eigenvalue weighted by Crippen LogP contribution is -2.19. The van der Waals surface area contributed by atoms with E-state index in [2.05, 4.69) is 10.5 Å². The lowest BCUT2D eigenvalue weighted by molar-refractivity contribution is -0.120. The lowest BCUT2D eigenvalue weighted by Gasteiger charge is -2.09. The lowest BCUT2D eigenvalue weighted by atomic mass is 10.1. The van der Waals surface area contributed by atoms with E-state index < -0.39 is 0 Å². The minimum atomic E-state index is -0.230. The number of carbonyl (C=O) groups excluding carboxylic acids is 1. The van der Waals surface area contributed by atoms with E-state index >= 15 is 0 Å². The second-order valence-electron chi connectivity index (χ2n) is 6.64. The molecule has 31 heavy (non-hydrogen) atoms. The molecule has 0 aliphatic carbocycles. The predicted octanol–water partition coefficient (Wildman–Crippen LogP) is 4.63. The Bertz CT molecular complexity index is 1030. The van der Waals surface area contributed by atoms with E-state index in [9.17, 15) is 4.79 Å². The number of amides is 1. The molecule has 0 radical (unpaired) electrons. The van der Waals surface area contributed by atoms with Crippen LogP contribution in [0.15, 0.2) is 71.8 Å². The van der Waals surface area contributed by atoms with Crippen molar-refractivity contribution in [3.63, 3.8) is 0 Å². The highest BCUT2D eigenvalue weighted by Crippen LogP contribution is 2.27. The van der Waals surface area contributed by atoms with Crippen LogP contribution in [0.25, 0.3) is 0 Å². The van der Waals surface area contributed by atoms with Crippen LogP contribution >= 0.6 is 11.6 Å². The molecule has 0 spiro atoms. The van der Waals surface area contributed by atoms with Crippen LogP contribution in [0.3, 0.4) is 0 Å². The van der Waals surface area contributed by atoms with Crippen molar-refractivity contribution in [1.29, 1.82) is 0 Å². The predicted molar refractivity (Wildman–Crippen MR) is 121 cm³/mol. The summed E-state index contributed by atoms with van der Waals surface area (Å²) in [6, 6.07) is 20.3. The molecule has 0 bridgehead atoms. The summed E-state index contributed by atoms with van der Waals surface area (Å²) >= 11 is 5.88. The first-order valence-electron chi connectivity index (χ1n) is 9.57. The van der Waals surface area contributed by atoms with Gasteiger partial charge in [0.15, 0.2) is 11.5 Å². The van der Waals surface area contributed by atoms with Crippen LogP contribution in [0.5, 0.6) is 17.2 Å². The highest BCUT2D eigenvalue weighted by molar-refractivity contribution is 6.30. The Labute approximate surface area is 186 Å². The van der Waals surface area contributed by atoms with Crippen molar-refractivity contribution in [3.8, 4) is 17.2 Å². The Hall–Kier alpha value is -3.51. The molecule has 0 aliphatic heterocycles. The first kappa shape index (κ1) is 22.2. The van der Waals surface area contributed by atoms with E-state index in [4.69, 9.17) is 25.8 Å². The molecular formula is C24H23ClN2O4. The fourth-order valence-electron chi connectivity index (χ4n) is 2.79. The van der Waals surface area contributed by atoms with E-state index in [-0.39, 0.29) is 12.3 Å². The van der Waals surface area contributed by atoms with Gasteiger partial charge in [-0.15, -0.1) is 0 Å². The van der Waals surface area contributed by atoms with Gasteiger partial charge in [0.25, 0.3) is 0 Å². The van der Waals surface area contributed by atoms with Crippen LogP contribution in [0.1, 0.15) is 16.7 Å². The van der Waals surface area contributed by atoms with Crippen LogP contribution in [0.2, 0.25) is 5.02 Å². The second-order valence-corrected chi connectivity index (χ2v) is 7.08. The van der Waals surface area contributed by atoms with Crippen molar-refractivity contribution in [1.82, 2.24) is 5.43 Å². The zero-order chi connectivity index (χ0) is 22.1. The summed E-state index contributed by atoms with van der Waals surface area (Å²) in [7, 11) is 3.12. The standard InChI is InChI=1S/C24H23ClN2O4/c1-29-22-12-7-19(13-23(22)30-2)14-24(28)27-26-15-17-5-10-21(11-6-17)31-16-18-3-8-20(25)9-4-18/h3-13,15H,14,16H2,1-2H3,(H,27,28)/b26-15-. The molecule has 0 unspecified atom stereocenters. The van der Waals surface area contributed by atoms with Gasteiger partial charge in [0.1, 0.15) is 12.4 Å². The van der Waals surface area contributed by atoms with Crippen LogP contribution in [0, 0.1) is 0 Å². The van der Waals surface area contributed by atoms with Crippen molar-refractivity contribution in [2.24, 2.45) is 5.10 Å². The molecule has 1 amide bonds. The maximum atomic E-state index is 12.1. The first-order valence-corrected chi connectivity index (χ1v) is 9.95. The molecular weight excluding hydrogens is 416 g/mol. The summed E-state index contributed by atoms with van der Waals surface area (Å²) < 4.78 is 16.2. The Morgan fingerprint density at radius 3 is 2.29 bits per heavy atom. The van der Waals surface area contributed by atoms with Crippen LogP contribution in [-0.4, -0.2) is 26.3 Å². The summed E-state index contributed by atoms with van der Waals surface area (Å²) in [6.07, 6.45) is 1.75. The minimum Gasteiger partial charge on any atom is -0.493 e. The van der Waals surface area contributed by atoms with Crippen molar-refractivity contribution in [3.05, 3.63) is 88.4 Å². The van der Waals surface area contributed by atoms with Gasteiger partial charge in [-0.2, -0.15) is 5.10 Å². The number of rotatable bonds is 9. The zero-order valence-corrected chi connectivity index (χ0v) is 18.1. The van der Waals surface area contributed by atoms with Gasteiger partial charge in [-0.3, -0.25) is 4.79 Å². The van der Waals surface area contributed by atoms with E-state index in [1.54, 1.807) is 32.6 Å². The van der Waals surface area contributed by atoms with E-state index in [0.29, 0.717) is 23.1 Å². The molecule has 0 fully saturated rings. The van der Waals surface area contributed by atoms with E-state index in [1.807, 2.05) is 54.6 Å².